The Morgan fingerprint density at radius 2 is 2.21 bits per heavy atom. The zero-order valence-corrected chi connectivity index (χ0v) is 8.98. The molecule has 0 aliphatic heterocycles. The van der Waals surface area contributed by atoms with Gasteiger partial charge in [0, 0.05) is 5.33 Å². The quantitative estimate of drug-likeness (QED) is 0.620. The van der Waals surface area contributed by atoms with E-state index in [9.17, 15) is 15.0 Å². The highest BCUT2D eigenvalue weighted by Gasteiger charge is 2.20. The summed E-state index contributed by atoms with van der Waals surface area (Å²) in [6, 6.07) is 2.93. The average Bonchev–Trinajstić information content (AvgIpc) is 2.65. The molecule has 0 aromatic carbocycles. The molecule has 0 aliphatic rings. The van der Waals surface area contributed by atoms with Gasteiger partial charge in [-0.3, -0.25) is 4.79 Å². The highest BCUT2D eigenvalue weighted by atomic mass is 79.9. The lowest BCUT2D eigenvalue weighted by molar-refractivity contribution is 0.00424. The van der Waals surface area contributed by atoms with Crippen LogP contribution in [0.3, 0.4) is 0 Å². The van der Waals surface area contributed by atoms with Crippen LogP contribution in [0.2, 0.25) is 0 Å². The molecule has 4 nitrogen and oxygen atoms in total. The fourth-order valence-corrected chi connectivity index (χ4v) is 1.52. The van der Waals surface area contributed by atoms with E-state index in [0.29, 0.717) is 18.0 Å². The molecule has 0 aliphatic carbocycles. The van der Waals surface area contributed by atoms with Crippen molar-refractivity contribution in [2.75, 3.05) is 5.33 Å². The molecule has 0 saturated heterocycles. The normalized spacial score (nSPS) is 15.1. The summed E-state index contributed by atoms with van der Waals surface area (Å²) in [4.78, 5) is 10.3. The first-order valence-corrected chi connectivity index (χ1v) is 5.28. The zero-order chi connectivity index (χ0) is 10.6. The van der Waals surface area contributed by atoms with Crippen molar-refractivity contribution in [1.29, 1.82) is 0 Å². The minimum Gasteiger partial charge on any atom is -0.455 e. The standard InChI is InChI=1S/C9H11BrO4/c10-4-3-7(12)9(13)8-2-1-6(5-11)14-8/h1-2,5,7,9,12-13H,3-4H2. The van der Waals surface area contributed by atoms with Crippen molar-refractivity contribution >= 4 is 22.2 Å². The Morgan fingerprint density at radius 3 is 2.71 bits per heavy atom. The number of aldehydes is 1. The van der Waals surface area contributed by atoms with E-state index in [1.807, 2.05) is 0 Å². The van der Waals surface area contributed by atoms with Crippen LogP contribution >= 0.6 is 15.9 Å². The van der Waals surface area contributed by atoms with E-state index in [1.165, 1.54) is 12.1 Å². The first-order chi connectivity index (χ1) is 6.69. The van der Waals surface area contributed by atoms with Crippen LogP contribution in [0.1, 0.15) is 28.8 Å². The Labute approximate surface area is 89.7 Å². The molecule has 2 unspecified atom stereocenters. The number of rotatable bonds is 5. The lowest BCUT2D eigenvalue weighted by Gasteiger charge is -2.13. The molecule has 2 N–H and O–H groups in total. The SMILES string of the molecule is O=Cc1ccc(C(O)C(O)CCBr)o1. The van der Waals surface area contributed by atoms with Gasteiger partial charge >= 0.3 is 0 Å². The number of furan rings is 1. The van der Waals surface area contributed by atoms with Gasteiger partial charge in [0.05, 0.1) is 6.10 Å². The molecular formula is C9H11BrO4. The lowest BCUT2D eigenvalue weighted by atomic mass is 10.1. The first kappa shape index (κ1) is 11.4. The molecule has 0 spiro atoms. The fourth-order valence-electron chi connectivity index (χ4n) is 1.05. The van der Waals surface area contributed by atoms with E-state index >= 15 is 0 Å². The van der Waals surface area contributed by atoms with Crippen LogP contribution < -0.4 is 0 Å². The summed E-state index contributed by atoms with van der Waals surface area (Å²) in [5.74, 6) is 0.352. The van der Waals surface area contributed by atoms with Gasteiger partial charge in [-0.1, -0.05) is 15.9 Å². The maximum Gasteiger partial charge on any atom is 0.185 e. The number of aliphatic hydroxyl groups is 2. The van der Waals surface area contributed by atoms with Crippen molar-refractivity contribution in [3.05, 3.63) is 23.7 Å². The molecule has 1 aromatic heterocycles. The van der Waals surface area contributed by atoms with Crippen LogP contribution in [0.15, 0.2) is 16.5 Å². The van der Waals surface area contributed by atoms with E-state index in [0.717, 1.165) is 0 Å². The molecule has 1 aromatic rings. The number of hydrogen-bond donors (Lipinski definition) is 2. The van der Waals surface area contributed by atoms with E-state index in [2.05, 4.69) is 15.9 Å². The number of alkyl halides is 1. The number of carbonyl (C=O) groups is 1. The molecule has 1 rings (SSSR count). The van der Waals surface area contributed by atoms with Gasteiger partial charge in [-0.05, 0) is 18.6 Å². The molecule has 0 radical (unpaired) electrons. The van der Waals surface area contributed by atoms with Gasteiger partial charge in [0.2, 0.25) is 0 Å². The Morgan fingerprint density at radius 1 is 1.50 bits per heavy atom. The molecule has 78 valence electrons. The van der Waals surface area contributed by atoms with Crippen LogP contribution in [0.4, 0.5) is 0 Å². The van der Waals surface area contributed by atoms with E-state index in [1.54, 1.807) is 0 Å². The predicted molar refractivity (Wildman–Crippen MR) is 53.5 cm³/mol. The summed E-state index contributed by atoms with van der Waals surface area (Å²) in [5, 5.41) is 19.6. The largest absolute Gasteiger partial charge is 0.455 e. The number of carbonyl (C=O) groups excluding carboxylic acids is 1. The zero-order valence-electron chi connectivity index (χ0n) is 7.39. The van der Waals surface area contributed by atoms with Gasteiger partial charge in [0.1, 0.15) is 11.9 Å². The maximum atomic E-state index is 10.3. The van der Waals surface area contributed by atoms with E-state index in [4.69, 9.17) is 4.42 Å². The second-order valence-corrected chi connectivity index (χ2v) is 3.64. The second kappa shape index (κ2) is 5.29. The van der Waals surface area contributed by atoms with Crippen LogP contribution in [0.25, 0.3) is 0 Å². The molecule has 14 heavy (non-hydrogen) atoms. The van der Waals surface area contributed by atoms with Crippen molar-refractivity contribution < 1.29 is 19.4 Å². The monoisotopic (exact) mass is 262 g/mol. The van der Waals surface area contributed by atoms with Gasteiger partial charge in [-0.2, -0.15) is 0 Å². The van der Waals surface area contributed by atoms with Gasteiger partial charge in [0.25, 0.3) is 0 Å². The van der Waals surface area contributed by atoms with Crippen molar-refractivity contribution in [3.63, 3.8) is 0 Å². The Bertz CT molecular complexity index is 297. The molecule has 1 heterocycles. The second-order valence-electron chi connectivity index (χ2n) is 2.85. The van der Waals surface area contributed by atoms with Crippen molar-refractivity contribution in [1.82, 2.24) is 0 Å². The highest BCUT2D eigenvalue weighted by Crippen LogP contribution is 2.21. The molecular weight excluding hydrogens is 252 g/mol. The average molecular weight is 263 g/mol. The van der Waals surface area contributed by atoms with Crippen molar-refractivity contribution in [2.45, 2.75) is 18.6 Å². The summed E-state index contributed by atoms with van der Waals surface area (Å²) in [6.07, 6.45) is -1.01. The van der Waals surface area contributed by atoms with Crippen LogP contribution in [-0.4, -0.2) is 27.9 Å². The number of hydrogen-bond acceptors (Lipinski definition) is 4. The number of halogens is 1. The van der Waals surface area contributed by atoms with Crippen molar-refractivity contribution in [3.8, 4) is 0 Å². The molecule has 0 amide bonds. The molecule has 0 bridgehead atoms. The third kappa shape index (κ3) is 2.67. The third-order valence-corrected chi connectivity index (χ3v) is 2.28. The molecule has 2 atom stereocenters. The Balaban J connectivity index is 2.67. The fraction of sp³-hybridized carbons (Fsp3) is 0.444. The summed E-state index contributed by atoms with van der Waals surface area (Å²) in [6.45, 7) is 0. The first-order valence-electron chi connectivity index (χ1n) is 4.16. The van der Waals surface area contributed by atoms with Gasteiger partial charge in [0.15, 0.2) is 12.0 Å². The van der Waals surface area contributed by atoms with E-state index < -0.39 is 12.2 Å². The van der Waals surface area contributed by atoms with Crippen LogP contribution in [-0.2, 0) is 0 Å². The topological polar surface area (TPSA) is 70.7 Å². The maximum absolute atomic E-state index is 10.3. The van der Waals surface area contributed by atoms with Crippen LogP contribution in [0.5, 0.6) is 0 Å². The summed E-state index contributed by atoms with van der Waals surface area (Å²) >= 11 is 3.15. The predicted octanol–water partition coefficient (Wildman–Crippen LogP) is 1.27. The van der Waals surface area contributed by atoms with Crippen LogP contribution in [0, 0.1) is 0 Å². The van der Waals surface area contributed by atoms with Gasteiger partial charge < -0.3 is 14.6 Å². The molecule has 0 fully saturated rings. The molecule has 0 saturated carbocycles. The van der Waals surface area contributed by atoms with E-state index in [-0.39, 0.29) is 11.5 Å². The Hall–Kier alpha value is -0.650. The summed E-state index contributed by atoms with van der Waals surface area (Å²) in [5.41, 5.74) is 0. The summed E-state index contributed by atoms with van der Waals surface area (Å²) < 4.78 is 4.97. The van der Waals surface area contributed by atoms with Gasteiger partial charge in [-0.15, -0.1) is 0 Å². The highest BCUT2D eigenvalue weighted by molar-refractivity contribution is 9.09. The minimum absolute atomic E-state index is 0.144. The Kier molecular flexibility index (Phi) is 4.31. The smallest absolute Gasteiger partial charge is 0.185 e. The number of aliphatic hydroxyl groups excluding tert-OH is 2. The third-order valence-electron chi connectivity index (χ3n) is 1.82. The van der Waals surface area contributed by atoms with Crippen molar-refractivity contribution in [2.24, 2.45) is 0 Å². The molecule has 5 heteroatoms. The minimum atomic E-state index is -1.08. The summed E-state index contributed by atoms with van der Waals surface area (Å²) in [7, 11) is 0. The van der Waals surface area contributed by atoms with Gasteiger partial charge in [-0.25, -0.2) is 0 Å². The lowest BCUT2D eigenvalue weighted by Crippen LogP contribution is -2.17.